The fourth-order valence-electron chi connectivity index (χ4n) is 1.20. The smallest absolute Gasteiger partial charge is 0.744 e. The number of hydrogen-bond acceptors (Lipinski definition) is 6. The van der Waals surface area contributed by atoms with Crippen molar-refractivity contribution in [3.05, 3.63) is 58.6 Å². The first-order valence-electron chi connectivity index (χ1n) is 5.43. The van der Waals surface area contributed by atoms with E-state index >= 15 is 0 Å². The summed E-state index contributed by atoms with van der Waals surface area (Å²) >= 11 is 10.9. The van der Waals surface area contributed by atoms with Crippen LogP contribution in [0.2, 0.25) is 10.0 Å². The zero-order valence-corrected chi connectivity index (χ0v) is 15.9. The monoisotopic (exact) mass is 406 g/mol. The van der Waals surface area contributed by atoms with Crippen LogP contribution < -0.4 is 0 Å². The molecule has 0 radical (unpaired) electrons. The van der Waals surface area contributed by atoms with Gasteiger partial charge in [0.2, 0.25) is 0 Å². The summed E-state index contributed by atoms with van der Waals surface area (Å²) in [7, 11) is -8.66. The van der Waals surface area contributed by atoms with Gasteiger partial charge in [-0.3, -0.25) is 0 Å². The molecule has 120 valence electrons. The number of rotatable bonds is 2. The zero-order chi connectivity index (χ0) is 17.0. The number of halogens is 2. The normalized spacial score (nSPS) is 11.0. The Bertz CT molecular complexity index is 761. The fourth-order valence-corrected chi connectivity index (χ4v) is 2.39. The Morgan fingerprint density at radius 1 is 0.609 bits per heavy atom. The van der Waals surface area contributed by atoms with Crippen molar-refractivity contribution >= 4 is 66.5 Å². The van der Waals surface area contributed by atoms with E-state index in [4.69, 9.17) is 23.2 Å². The summed E-state index contributed by atoms with van der Waals surface area (Å²) in [5.41, 5.74) is 0. The summed E-state index contributed by atoms with van der Waals surface area (Å²) in [6.07, 6.45) is 0. The Morgan fingerprint density at radius 3 is 1.00 bits per heavy atom. The van der Waals surface area contributed by atoms with Crippen molar-refractivity contribution in [3.8, 4) is 0 Å². The Balaban J connectivity index is 0.000000403. The maximum absolute atomic E-state index is 10.3. The van der Waals surface area contributed by atoms with E-state index in [1.54, 1.807) is 0 Å². The molecule has 0 unspecified atom stereocenters. The molecule has 0 heterocycles. The second-order valence-electron chi connectivity index (χ2n) is 3.82. The van der Waals surface area contributed by atoms with E-state index in [0.29, 0.717) is 10.0 Å². The summed E-state index contributed by atoms with van der Waals surface area (Å²) in [5, 5.41) is 0.801. The molecule has 23 heavy (non-hydrogen) atoms. The molecule has 0 fully saturated rings. The summed E-state index contributed by atoms with van der Waals surface area (Å²) < 4.78 is 62.1. The van der Waals surface area contributed by atoms with E-state index in [9.17, 15) is 25.9 Å². The average molecular weight is 408 g/mol. The topological polar surface area (TPSA) is 114 Å². The first kappa shape index (κ1) is 22.6. The van der Waals surface area contributed by atoms with Crippen molar-refractivity contribution in [2.24, 2.45) is 0 Å². The van der Waals surface area contributed by atoms with Crippen LogP contribution in [0.3, 0.4) is 0 Å². The zero-order valence-electron chi connectivity index (χ0n) is 11.3. The summed E-state index contributed by atoms with van der Waals surface area (Å²) in [4.78, 5) is -0.524. The van der Waals surface area contributed by atoms with E-state index in [2.05, 4.69) is 0 Å². The van der Waals surface area contributed by atoms with Gasteiger partial charge in [0.1, 0.15) is 20.2 Å². The quantitative estimate of drug-likeness (QED) is 0.556. The molecule has 0 bridgehead atoms. The standard InChI is InChI=1S/2C6H5ClO3S.Mg/c2*7-5-1-3-6(4-2-5)11(8,9)10;/h2*1-4H,(H,8,9,10);/q;;+2/p-2. The average Bonchev–Trinajstić information content (AvgIpc) is 2.38. The van der Waals surface area contributed by atoms with Crippen LogP contribution in [0.5, 0.6) is 0 Å². The van der Waals surface area contributed by atoms with Crippen molar-refractivity contribution in [2.75, 3.05) is 0 Å². The van der Waals surface area contributed by atoms with Crippen LogP contribution in [-0.4, -0.2) is 49.0 Å². The van der Waals surface area contributed by atoms with Gasteiger partial charge in [0.15, 0.2) is 0 Å². The summed E-state index contributed by atoms with van der Waals surface area (Å²) in [6.45, 7) is 0. The SMILES string of the molecule is O=S(=O)([O-])c1ccc(Cl)cc1.O=S(=O)([O-])c1ccc(Cl)cc1.[Mg+2]. The predicted molar refractivity (Wildman–Crippen MR) is 84.6 cm³/mol. The van der Waals surface area contributed by atoms with E-state index in [1.807, 2.05) is 0 Å². The molecule has 2 rings (SSSR count). The molecule has 2 aromatic carbocycles. The van der Waals surface area contributed by atoms with Crippen molar-refractivity contribution in [3.63, 3.8) is 0 Å². The maximum Gasteiger partial charge on any atom is 2.00 e. The van der Waals surface area contributed by atoms with E-state index in [1.165, 1.54) is 48.5 Å². The summed E-state index contributed by atoms with van der Waals surface area (Å²) in [5.74, 6) is 0. The van der Waals surface area contributed by atoms with Crippen LogP contribution in [0, 0.1) is 0 Å². The van der Waals surface area contributed by atoms with Gasteiger partial charge in [-0.25, -0.2) is 16.8 Å². The van der Waals surface area contributed by atoms with Crippen LogP contribution in [-0.2, 0) is 20.2 Å². The molecule has 0 aliphatic heterocycles. The van der Waals surface area contributed by atoms with Gasteiger partial charge in [-0.2, -0.15) is 0 Å². The van der Waals surface area contributed by atoms with Crippen molar-refractivity contribution in [1.29, 1.82) is 0 Å². The Morgan fingerprint density at radius 2 is 0.826 bits per heavy atom. The maximum atomic E-state index is 10.3. The van der Waals surface area contributed by atoms with E-state index < -0.39 is 20.2 Å². The molecule has 2 aromatic rings. The molecule has 0 saturated carbocycles. The number of hydrogen-bond donors (Lipinski definition) is 0. The Hall–Kier alpha value is -0.394. The van der Waals surface area contributed by atoms with Gasteiger partial charge in [0.05, 0.1) is 9.79 Å². The number of benzene rings is 2. The molecule has 0 spiro atoms. The largest absolute Gasteiger partial charge is 2.00 e. The third-order valence-corrected chi connectivity index (χ3v) is 4.41. The van der Waals surface area contributed by atoms with Gasteiger partial charge in [-0.1, -0.05) is 23.2 Å². The minimum absolute atomic E-state index is 0. The molecular formula is C12H8Cl2MgO6S2. The van der Waals surface area contributed by atoms with E-state index in [-0.39, 0.29) is 32.8 Å². The molecule has 0 saturated heterocycles. The fraction of sp³-hybridized carbons (Fsp3) is 0. The molecule has 0 N–H and O–H groups in total. The molecule has 0 amide bonds. The molecule has 0 aromatic heterocycles. The minimum atomic E-state index is -4.33. The van der Waals surface area contributed by atoms with Crippen molar-refractivity contribution < 1.29 is 25.9 Å². The third kappa shape index (κ3) is 8.31. The Kier molecular flexibility index (Phi) is 9.03. The molecule has 6 nitrogen and oxygen atoms in total. The van der Waals surface area contributed by atoms with Gasteiger partial charge >= 0.3 is 23.1 Å². The molecule has 0 aliphatic rings. The summed E-state index contributed by atoms with van der Waals surface area (Å²) in [6, 6.07) is 10.1. The van der Waals surface area contributed by atoms with Gasteiger partial charge in [0.25, 0.3) is 0 Å². The van der Waals surface area contributed by atoms with Crippen LogP contribution >= 0.6 is 23.2 Å². The van der Waals surface area contributed by atoms with Gasteiger partial charge in [-0.15, -0.1) is 0 Å². The van der Waals surface area contributed by atoms with Crippen molar-refractivity contribution in [2.45, 2.75) is 9.79 Å². The molecule has 0 aliphatic carbocycles. The van der Waals surface area contributed by atoms with Crippen LogP contribution in [0.1, 0.15) is 0 Å². The molecule has 0 atom stereocenters. The van der Waals surface area contributed by atoms with Crippen LogP contribution in [0.25, 0.3) is 0 Å². The molecule has 11 heteroatoms. The molecular weight excluding hydrogens is 399 g/mol. The minimum Gasteiger partial charge on any atom is -0.744 e. The van der Waals surface area contributed by atoms with Crippen LogP contribution in [0.15, 0.2) is 58.3 Å². The first-order valence-corrected chi connectivity index (χ1v) is 9.00. The predicted octanol–water partition coefficient (Wildman–Crippen LogP) is 2.11. The first-order chi connectivity index (χ1) is 10.00. The van der Waals surface area contributed by atoms with Gasteiger partial charge in [-0.05, 0) is 48.5 Å². The van der Waals surface area contributed by atoms with E-state index in [0.717, 1.165) is 0 Å². The van der Waals surface area contributed by atoms with Gasteiger partial charge in [0, 0.05) is 10.0 Å². The third-order valence-electron chi connectivity index (χ3n) is 2.20. The second kappa shape index (κ2) is 9.18. The van der Waals surface area contributed by atoms with Crippen molar-refractivity contribution in [1.82, 2.24) is 0 Å². The van der Waals surface area contributed by atoms with Crippen LogP contribution in [0.4, 0.5) is 0 Å². The van der Waals surface area contributed by atoms with Gasteiger partial charge < -0.3 is 9.11 Å². The Labute approximate surface area is 160 Å². The second-order valence-corrected chi connectivity index (χ2v) is 7.45.